The van der Waals surface area contributed by atoms with Gasteiger partial charge in [0.2, 0.25) is 5.78 Å². The van der Waals surface area contributed by atoms with Crippen LogP contribution in [0.2, 0.25) is 0 Å². The van der Waals surface area contributed by atoms with Gasteiger partial charge in [-0.15, -0.1) is 0 Å². The van der Waals surface area contributed by atoms with E-state index in [1.54, 1.807) is 23.0 Å². The number of para-hydroxylation sites is 1. The van der Waals surface area contributed by atoms with Crippen LogP contribution in [-0.2, 0) is 0 Å². The number of rotatable bonds is 3. The third-order valence-corrected chi connectivity index (χ3v) is 3.00. The standard InChI is InChI=1S/C16H13N3O/c1-12-6-5-9-14(18-12)16(20)15-10-11-17-19(15)13-7-3-2-4-8-13/h2-11H,1H3. The zero-order chi connectivity index (χ0) is 13.9. The van der Waals surface area contributed by atoms with Crippen molar-refractivity contribution < 1.29 is 4.79 Å². The summed E-state index contributed by atoms with van der Waals surface area (Å²) < 4.78 is 1.63. The Morgan fingerprint density at radius 1 is 1.00 bits per heavy atom. The molecule has 0 saturated heterocycles. The maximum Gasteiger partial charge on any atom is 0.229 e. The lowest BCUT2D eigenvalue weighted by Gasteiger charge is -2.06. The summed E-state index contributed by atoms with van der Waals surface area (Å²) in [6.45, 7) is 1.87. The molecule has 0 fully saturated rings. The van der Waals surface area contributed by atoms with Gasteiger partial charge in [0.1, 0.15) is 11.4 Å². The first kappa shape index (κ1) is 12.3. The average Bonchev–Trinajstić information content (AvgIpc) is 2.97. The maximum absolute atomic E-state index is 12.5. The molecule has 4 heteroatoms. The van der Waals surface area contributed by atoms with Crippen LogP contribution in [0.15, 0.2) is 60.8 Å². The third kappa shape index (κ3) is 2.23. The normalized spacial score (nSPS) is 10.4. The molecular formula is C16H13N3O. The van der Waals surface area contributed by atoms with Crippen molar-refractivity contribution in [3.8, 4) is 5.69 Å². The summed E-state index contributed by atoms with van der Waals surface area (Å²) in [7, 11) is 0. The van der Waals surface area contributed by atoms with Crippen LogP contribution in [0.1, 0.15) is 21.9 Å². The number of carbonyl (C=O) groups excluding carboxylic acids is 1. The number of hydrogen-bond acceptors (Lipinski definition) is 3. The summed E-state index contributed by atoms with van der Waals surface area (Å²) >= 11 is 0. The molecule has 2 heterocycles. The van der Waals surface area contributed by atoms with Crippen molar-refractivity contribution in [2.24, 2.45) is 0 Å². The second-order valence-corrected chi connectivity index (χ2v) is 4.46. The predicted octanol–water partition coefficient (Wildman–Crippen LogP) is 2.81. The highest BCUT2D eigenvalue weighted by Gasteiger charge is 2.16. The summed E-state index contributed by atoms with van der Waals surface area (Å²) in [5.41, 5.74) is 2.62. The molecule has 0 bridgehead atoms. The van der Waals surface area contributed by atoms with Gasteiger partial charge in [-0.2, -0.15) is 5.10 Å². The van der Waals surface area contributed by atoms with E-state index in [1.807, 2.05) is 49.4 Å². The predicted molar refractivity (Wildman–Crippen MR) is 76.0 cm³/mol. The molecular weight excluding hydrogens is 250 g/mol. The Kier molecular flexibility index (Phi) is 3.13. The number of nitrogens with zero attached hydrogens (tertiary/aromatic N) is 3. The van der Waals surface area contributed by atoms with Crippen molar-refractivity contribution in [1.29, 1.82) is 0 Å². The van der Waals surface area contributed by atoms with Crippen LogP contribution in [-0.4, -0.2) is 20.5 Å². The fourth-order valence-electron chi connectivity index (χ4n) is 2.05. The molecule has 2 aromatic heterocycles. The number of aryl methyl sites for hydroxylation is 1. The quantitative estimate of drug-likeness (QED) is 0.683. The van der Waals surface area contributed by atoms with Crippen LogP contribution in [0.4, 0.5) is 0 Å². The molecule has 98 valence electrons. The van der Waals surface area contributed by atoms with Gasteiger partial charge in [0.25, 0.3) is 0 Å². The fourth-order valence-corrected chi connectivity index (χ4v) is 2.05. The molecule has 0 aliphatic heterocycles. The topological polar surface area (TPSA) is 47.8 Å². The van der Waals surface area contributed by atoms with Crippen molar-refractivity contribution >= 4 is 5.78 Å². The summed E-state index contributed by atoms with van der Waals surface area (Å²) in [5, 5.41) is 4.22. The van der Waals surface area contributed by atoms with Gasteiger partial charge in [-0.3, -0.25) is 4.79 Å². The van der Waals surface area contributed by atoms with E-state index in [2.05, 4.69) is 10.1 Å². The highest BCUT2D eigenvalue weighted by atomic mass is 16.1. The Morgan fingerprint density at radius 2 is 1.80 bits per heavy atom. The van der Waals surface area contributed by atoms with Gasteiger partial charge in [0.15, 0.2) is 0 Å². The summed E-state index contributed by atoms with van der Waals surface area (Å²) in [5.74, 6) is -0.130. The van der Waals surface area contributed by atoms with Gasteiger partial charge < -0.3 is 0 Å². The van der Waals surface area contributed by atoms with E-state index in [-0.39, 0.29) is 5.78 Å². The van der Waals surface area contributed by atoms with Gasteiger partial charge in [0.05, 0.1) is 11.9 Å². The SMILES string of the molecule is Cc1cccc(C(=O)c2ccnn2-c2ccccc2)n1. The molecule has 0 aliphatic carbocycles. The number of carbonyl (C=O) groups is 1. The van der Waals surface area contributed by atoms with Crippen molar-refractivity contribution in [3.63, 3.8) is 0 Å². The first-order valence-electron chi connectivity index (χ1n) is 6.33. The second-order valence-electron chi connectivity index (χ2n) is 4.46. The number of benzene rings is 1. The van der Waals surface area contributed by atoms with Crippen LogP contribution in [0.25, 0.3) is 5.69 Å². The lowest BCUT2D eigenvalue weighted by Crippen LogP contribution is -2.11. The number of pyridine rings is 1. The Bertz CT molecular complexity index is 747. The second kappa shape index (κ2) is 5.09. The molecule has 0 amide bonds. The largest absolute Gasteiger partial charge is 0.285 e. The van der Waals surface area contributed by atoms with Gasteiger partial charge in [0, 0.05) is 5.69 Å². The van der Waals surface area contributed by atoms with Crippen LogP contribution in [0, 0.1) is 6.92 Å². The van der Waals surface area contributed by atoms with Crippen LogP contribution < -0.4 is 0 Å². The van der Waals surface area contributed by atoms with Crippen molar-refractivity contribution in [3.05, 3.63) is 77.9 Å². The Morgan fingerprint density at radius 3 is 2.55 bits per heavy atom. The zero-order valence-corrected chi connectivity index (χ0v) is 11.0. The molecule has 0 N–H and O–H groups in total. The molecule has 20 heavy (non-hydrogen) atoms. The number of ketones is 1. The highest BCUT2D eigenvalue weighted by molar-refractivity contribution is 6.06. The van der Waals surface area contributed by atoms with E-state index >= 15 is 0 Å². The molecule has 0 atom stereocenters. The molecule has 1 aromatic carbocycles. The smallest absolute Gasteiger partial charge is 0.229 e. The minimum Gasteiger partial charge on any atom is -0.285 e. The van der Waals surface area contributed by atoms with Crippen LogP contribution >= 0.6 is 0 Å². The molecule has 3 aromatic rings. The van der Waals surface area contributed by atoms with Gasteiger partial charge >= 0.3 is 0 Å². The molecule has 0 aliphatic rings. The minimum atomic E-state index is -0.130. The molecule has 0 unspecified atom stereocenters. The first-order valence-corrected chi connectivity index (χ1v) is 6.33. The van der Waals surface area contributed by atoms with E-state index < -0.39 is 0 Å². The van der Waals surface area contributed by atoms with E-state index in [0.717, 1.165) is 11.4 Å². The third-order valence-electron chi connectivity index (χ3n) is 3.00. The summed E-state index contributed by atoms with van der Waals surface area (Å²) in [4.78, 5) is 16.8. The first-order chi connectivity index (χ1) is 9.75. The van der Waals surface area contributed by atoms with E-state index in [1.165, 1.54) is 0 Å². The van der Waals surface area contributed by atoms with E-state index in [0.29, 0.717) is 11.4 Å². The van der Waals surface area contributed by atoms with Gasteiger partial charge in [-0.25, -0.2) is 9.67 Å². The fraction of sp³-hybridized carbons (Fsp3) is 0.0625. The van der Waals surface area contributed by atoms with Crippen LogP contribution in [0.3, 0.4) is 0 Å². The summed E-state index contributed by atoms with van der Waals surface area (Å²) in [6.07, 6.45) is 1.62. The Balaban J connectivity index is 2.04. The lowest BCUT2D eigenvalue weighted by atomic mass is 10.2. The monoisotopic (exact) mass is 263 g/mol. The lowest BCUT2D eigenvalue weighted by molar-refractivity contribution is 0.102. The molecule has 0 radical (unpaired) electrons. The zero-order valence-electron chi connectivity index (χ0n) is 11.0. The van der Waals surface area contributed by atoms with Gasteiger partial charge in [-0.05, 0) is 37.3 Å². The Hall–Kier alpha value is -2.75. The van der Waals surface area contributed by atoms with Crippen molar-refractivity contribution in [1.82, 2.24) is 14.8 Å². The van der Waals surface area contributed by atoms with Crippen molar-refractivity contribution in [2.75, 3.05) is 0 Å². The number of hydrogen-bond donors (Lipinski definition) is 0. The maximum atomic E-state index is 12.5. The molecule has 0 saturated carbocycles. The minimum absolute atomic E-state index is 0.130. The summed E-state index contributed by atoms with van der Waals surface area (Å²) in [6, 6.07) is 16.7. The molecule has 4 nitrogen and oxygen atoms in total. The highest BCUT2D eigenvalue weighted by Crippen LogP contribution is 2.13. The Labute approximate surface area is 116 Å². The van der Waals surface area contributed by atoms with Crippen LogP contribution in [0.5, 0.6) is 0 Å². The van der Waals surface area contributed by atoms with E-state index in [4.69, 9.17) is 0 Å². The van der Waals surface area contributed by atoms with Crippen molar-refractivity contribution in [2.45, 2.75) is 6.92 Å². The molecule has 3 rings (SSSR count). The van der Waals surface area contributed by atoms with Gasteiger partial charge in [-0.1, -0.05) is 24.3 Å². The van der Waals surface area contributed by atoms with E-state index in [9.17, 15) is 4.79 Å². The molecule has 0 spiro atoms. The number of aromatic nitrogens is 3. The average molecular weight is 263 g/mol.